The van der Waals surface area contributed by atoms with Crippen LogP contribution >= 0.6 is 0 Å². The van der Waals surface area contributed by atoms with Gasteiger partial charge in [0.15, 0.2) is 0 Å². The highest BCUT2D eigenvalue weighted by atomic mass is 16.6. The Labute approximate surface area is 113 Å². The summed E-state index contributed by atoms with van der Waals surface area (Å²) in [4.78, 5) is 15.5. The molecule has 0 bridgehead atoms. The van der Waals surface area contributed by atoms with E-state index in [-0.39, 0.29) is 5.75 Å². The van der Waals surface area contributed by atoms with Gasteiger partial charge in [-0.25, -0.2) is 9.78 Å². The first-order valence-electron chi connectivity index (χ1n) is 6.08. The summed E-state index contributed by atoms with van der Waals surface area (Å²) in [6, 6.07) is 3.31. The summed E-state index contributed by atoms with van der Waals surface area (Å²) < 4.78 is 5.08. The van der Waals surface area contributed by atoms with Crippen LogP contribution in [0.4, 0.5) is 4.79 Å². The molecule has 0 aliphatic rings. The highest BCUT2D eigenvalue weighted by Crippen LogP contribution is 2.15. The Kier molecular flexibility index (Phi) is 4.92. The predicted octanol–water partition coefficient (Wildman–Crippen LogP) is 2.63. The van der Waals surface area contributed by atoms with Crippen molar-refractivity contribution in [2.24, 2.45) is 0 Å². The topological polar surface area (TPSA) is 71.5 Å². The Morgan fingerprint density at radius 1 is 1.47 bits per heavy atom. The summed E-state index contributed by atoms with van der Waals surface area (Å²) in [6.45, 7) is 7.56. The minimum atomic E-state index is -0.510. The van der Waals surface area contributed by atoms with Gasteiger partial charge in [-0.1, -0.05) is 6.08 Å². The van der Waals surface area contributed by atoms with Crippen LogP contribution < -0.4 is 5.32 Å². The fourth-order valence-electron chi connectivity index (χ4n) is 1.32. The van der Waals surface area contributed by atoms with Gasteiger partial charge in [-0.15, -0.1) is 0 Å². The lowest BCUT2D eigenvalue weighted by atomic mass is 10.2. The molecule has 0 fully saturated rings. The fourth-order valence-corrected chi connectivity index (χ4v) is 1.32. The van der Waals surface area contributed by atoms with Crippen LogP contribution in [0.15, 0.2) is 18.2 Å². The largest absolute Gasteiger partial charge is 0.506 e. The number of carbonyl (C=O) groups is 1. The summed E-state index contributed by atoms with van der Waals surface area (Å²) >= 11 is 0. The lowest BCUT2D eigenvalue weighted by Crippen LogP contribution is -2.32. The van der Waals surface area contributed by atoms with Gasteiger partial charge in [0, 0.05) is 12.2 Å². The van der Waals surface area contributed by atoms with Gasteiger partial charge < -0.3 is 15.2 Å². The van der Waals surface area contributed by atoms with Crippen LogP contribution in [0.5, 0.6) is 5.75 Å². The second-order valence-corrected chi connectivity index (χ2v) is 5.14. The third-order valence-electron chi connectivity index (χ3n) is 2.08. The molecule has 0 saturated carbocycles. The van der Waals surface area contributed by atoms with Gasteiger partial charge in [0.05, 0.1) is 0 Å². The van der Waals surface area contributed by atoms with E-state index in [0.29, 0.717) is 12.2 Å². The van der Waals surface area contributed by atoms with E-state index in [1.165, 1.54) is 0 Å². The van der Waals surface area contributed by atoms with Crippen LogP contribution in [0.1, 0.15) is 32.2 Å². The molecule has 104 valence electrons. The van der Waals surface area contributed by atoms with Crippen LogP contribution in [-0.4, -0.2) is 28.3 Å². The van der Waals surface area contributed by atoms with E-state index in [1.54, 1.807) is 45.1 Å². The second-order valence-electron chi connectivity index (χ2n) is 5.14. The molecule has 0 saturated heterocycles. The summed E-state index contributed by atoms with van der Waals surface area (Å²) in [5, 5.41) is 12.2. The number of carbonyl (C=O) groups excluding carboxylic acids is 1. The molecule has 1 aromatic heterocycles. The van der Waals surface area contributed by atoms with Gasteiger partial charge in [0.25, 0.3) is 0 Å². The number of alkyl carbamates (subject to hydrolysis) is 1. The number of amides is 1. The Hall–Kier alpha value is -2.04. The second kappa shape index (κ2) is 6.22. The first kappa shape index (κ1) is 15.0. The first-order valence-corrected chi connectivity index (χ1v) is 6.08. The zero-order valence-corrected chi connectivity index (χ0v) is 11.7. The van der Waals surface area contributed by atoms with Crippen molar-refractivity contribution >= 4 is 12.2 Å². The number of rotatable bonds is 3. The molecule has 1 heterocycles. The van der Waals surface area contributed by atoms with Gasteiger partial charge in [-0.3, -0.25) is 0 Å². The molecule has 0 spiro atoms. The van der Waals surface area contributed by atoms with E-state index >= 15 is 0 Å². The normalized spacial score (nSPS) is 11.6. The van der Waals surface area contributed by atoms with Gasteiger partial charge in [0.1, 0.15) is 17.0 Å². The van der Waals surface area contributed by atoms with Crippen molar-refractivity contribution in [1.82, 2.24) is 10.3 Å². The van der Waals surface area contributed by atoms with E-state index in [4.69, 9.17) is 4.74 Å². The number of hydrogen-bond donors (Lipinski definition) is 2. The van der Waals surface area contributed by atoms with Crippen molar-refractivity contribution in [2.45, 2.75) is 33.3 Å². The van der Waals surface area contributed by atoms with Crippen LogP contribution in [0.3, 0.4) is 0 Å². The first-order chi connectivity index (χ1) is 8.78. The maximum atomic E-state index is 11.4. The standard InChI is InChI=1S/C14H20N2O3/c1-10-7-8-12(17)11(16-10)6-5-9-15-13(18)19-14(2,3)4/h5-8,17H,9H2,1-4H3,(H,15,18). The fraction of sp³-hybridized carbons (Fsp3) is 0.429. The maximum Gasteiger partial charge on any atom is 0.407 e. The average molecular weight is 264 g/mol. The number of aromatic hydroxyl groups is 1. The number of aryl methyl sites for hydroxylation is 1. The van der Waals surface area contributed by atoms with Crippen molar-refractivity contribution in [2.75, 3.05) is 6.54 Å². The van der Waals surface area contributed by atoms with Gasteiger partial charge in [-0.05, 0) is 45.9 Å². The number of hydrogen-bond acceptors (Lipinski definition) is 4. The Balaban J connectivity index is 2.47. The monoisotopic (exact) mass is 264 g/mol. The predicted molar refractivity (Wildman–Crippen MR) is 73.9 cm³/mol. The molecule has 0 aromatic carbocycles. The van der Waals surface area contributed by atoms with E-state index in [0.717, 1.165) is 5.69 Å². The van der Waals surface area contributed by atoms with Gasteiger partial charge in [-0.2, -0.15) is 0 Å². The molecule has 0 radical (unpaired) electrons. The number of nitrogens with one attached hydrogen (secondary N) is 1. The molecule has 1 aromatic rings. The van der Waals surface area contributed by atoms with Gasteiger partial charge >= 0.3 is 6.09 Å². The summed E-state index contributed by atoms with van der Waals surface area (Å²) in [5.41, 5.74) is 0.785. The third-order valence-corrected chi connectivity index (χ3v) is 2.08. The highest BCUT2D eigenvalue weighted by Gasteiger charge is 2.14. The molecule has 5 heteroatoms. The van der Waals surface area contributed by atoms with Crippen LogP contribution in [0.25, 0.3) is 6.08 Å². The van der Waals surface area contributed by atoms with Crippen molar-refractivity contribution in [3.8, 4) is 5.75 Å². The van der Waals surface area contributed by atoms with Crippen molar-refractivity contribution in [3.63, 3.8) is 0 Å². The summed E-state index contributed by atoms with van der Waals surface area (Å²) in [6.07, 6.45) is 2.88. The number of pyridine rings is 1. The van der Waals surface area contributed by atoms with Gasteiger partial charge in [0.2, 0.25) is 0 Å². The highest BCUT2D eigenvalue weighted by molar-refractivity contribution is 5.68. The molecule has 5 nitrogen and oxygen atoms in total. The number of nitrogens with zero attached hydrogens (tertiary/aromatic N) is 1. The molecule has 0 aliphatic carbocycles. The third kappa shape index (κ3) is 5.90. The summed E-state index contributed by atoms with van der Waals surface area (Å²) in [7, 11) is 0. The number of ether oxygens (including phenoxy) is 1. The van der Waals surface area contributed by atoms with Crippen molar-refractivity contribution < 1.29 is 14.6 Å². The molecule has 1 amide bonds. The number of aromatic nitrogens is 1. The lowest BCUT2D eigenvalue weighted by Gasteiger charge is -2.19. The average Bonchev–Trinajstić information content (AvgIpc) is 2.26. The van der Waals surface area contributed by atoms with Crippen LogP contribution in [-0.2, 0) is 4.74 Å². The van der Waals surface area contributed by atoms with E-state index in [9.17, 15) is 9.90 Å². The molecule has 0 unspecified atom stereocenters. The van der Waals surface area contributed by atoms with Crippen molar-refractivity contribution in [1.29, 1.82) is 0 Å². The van der Waals surface area contributed by atoms with Crippen LogP contribution in [0, 0.1) is 6.92 Å². The Morgan fingerprint density at radius 3 is 2.79 bits per heavy atom. The minimum Gasteiger partial charge on any atom is -0.506 e. The van der Waals surface area contributed by atoms with Crippen molar-refractivity contribution in [3.05, 3.63) is 29.6 Å². The van der Waals surface area contributed by atoms with Crippen LogP contribution in [0.2, 0.25) is 0 Å². The van der Waals surface area contributed by atoms with E-state index in [1.807, 2.05) is 6.92 Å². The molecular formula is C14H20N2O3. The molecule has 0 atom stereocenters. The molecule has 0 aliphatic heterocycles. The smallest absolute Gasteiger partial charge is 0.407 e. The molecule has 1 rings (SSSR count). The SMILES string of the molecule is Cc1ccc(O)c(C=CCNC(=O)OC(C)(C)C)n1. The molecule has 19 heavy (non-hydrogen) atoms. The Bertz CT molecular complexity index is 476. The quantitative estimate of drug-likeness (QED) is 0.880. The zero-order chi connectivity index (χ0) is 14.5. The zero-order valence-electron chi connectivity index (χ0n) is 11.7. The molecular weight excluding hydrogens is 244 g/mol. The maximum absolute atomic E-state index is 11.4. The molecule has 2 N–H and O–H groups in total. The Morgan fingerprint density at radius 2 is 2.16 bits per heavy atom. The minimum absolute atomic E-state index is 0.110. The summed E-state index contributed by atoms with van der Waals surface area (Å²) in [5.74, 6) is 0.110. The van der Waals surface area contributed by atoms with E-state index in [2.05, 4.69) is 10.3 Å². The van der Waals surface area contributed by atoms with E-state index < -0.39 is 11.7 Å². The lowest BCUT2D eigenvalue weighted by molar-refractivity contribution is 0.0534.